The fourth-order valence-corrected chi connectivity index (χ4v) is 3.23. The largest absolute Gasteiger partial charge is 0.355 e. The summed E-state index contributed by atoms with van der Waals surface area (Å²) in [5.74, 6) is 1.41. The van der Waals surface area contributed by atoms with E-state index in [1.807, 2.05) is 67.7 Å². The van der Waals surface area contributed by atoms with Crippen molar-refractivity contribution in [1.29, 1.82) is 0 Å². The molecule has 2 aromatic carbocycles. The number of pyridine rings is 1. The van der Waals surface area contributed by atoms with Crippen molar-refractivity contribution >= 4 is 22.6 Å². The molecule has 29 heavy (non-hydrogen) atoms. The van der Waals surface area contributed by atoms with E-state index in [9.17, 15) is 4.79 Å². The molecule has 1 amide bonds. The van der Waals surface area contributed by atoms with Gasteiger partial charge in [-0.2, -0.15) is 0 Å². The fourth-order valence-electron chi connectivity index (χ4n) is 3.23. The van der Waals surface area contributed by atoms with Gasteiger partial charge < -0.3 is 10.2 Å². The zero-order valence-corrected chi connectivity index (χ0v) is 16.3. The number of anilines is 1. The lowest BCUT2D eigenvalue weighted by Crippen LogP contribution is -2.20. The number of benzene rings is 2. The normalized spacial score (nSPS) is 10.7. The monoisotopic (exact) mass is 383 g/mol. The zero-order chi connectivity index (χ0) is 20.2. The van der Waals surface area contributed by atoms with Gasteiger partial charge in [-0.05, 0) is 42.0 Å². The first kappa shape index (κ1) is 18.6. The molecule has 2 heterocycles. The molecule has 2 aromatic heterocycles. The highest BCUT2D eigenvalue weighted by atomic mass is 16.1. The van der Waals surface area contributed by atoms with Crippen LogP contribution in [-0.4, -0.2) is 35.0 Å². The first-order valence-corrected chi connectivity index (χ1v) is 9.35. The van der Waals surface area contributed by atoms with Crippen molar-refractivity contribution in [3.05, 3.63) is 84.2 Å². The van der Waals surface area contributed by atoms with E-state index in [1.54, 1.807) is 19.4 Å². The third kappa shape index (κ3) is 3.91. The minimum Gasteiger partial charge on any atom is -0.355 e. The number of aromatic nitrogens is 3. The van der Waals surface area contributed by atoms with Gasteiger partial charge in [-0.1, -0.05) is 24.3 Å². The number of nitrogens with zero attached hydrogens (tertiary/aromatic N) is 4. The number of nitrogens with one attached hydrogen (secondary N) is 1. The molecule has 0 saturated carbocycles. The highest BCUT2D eigenvalue weighted by Gasteiger charge is 2.13. The van der Waals surface area contributed by atoms with Crippen LogP contribution >= 0.6 is 0 Å². The second-order valence-corrected chi connectivity index (χ2v) is 6.76. The van der Waals surface area contributed by atoms with Gasteiger partial charge in [-0.25, -0.2) is 9.97 Å². The lowest BCUT2D eigenvalue weighted by Gasteiger charge is -2.21. The lowest BCUT2D eigenvalue weighted by molar-refractivity contribution is 0.0963. The Balaban J connectivity index is 1.69. The lowest BCUT2D eigenvalue weighted by atomic mass is 10.1. The molecule has 0 radical (unpaired) electrons. The number of carbonyl (C=O) groups is 1. The second-order valence-electron chi connectivity index (χ2n) is 6.76. The van der Waals surface area contributed by atoms with Crippen LogP contribution in [0.15, 0.2) is 73.1 Å². The maximum atomic E-state index is 11.7. The van der Waals surface area contributed by atoms with E-state index in [2.05, 4.69) is 15.2 Å². The molecule has 0 spiro atoms. The van der Waals surface area contributed by atoms with E-state index in [-0.39, 0.29) is 5.91 Å². The topological polar surface area (TPSA) is 71.0 Å². The first-order valence-electron chi connectivity index (χ1n) is 9.35. The van der Waals surface area contributed by atoms with Crippen LogP contribution in [0.3, 0.4) is 0 Å². The van der Waals surface area contributed by atoms with Gasteiger partial charge in [0.15, 0.2) is 5.82 Å². The van der Waals surface area contributed by atoms with Crippen LogP contribution in [0.2, 0.25) is 0 Å². The summed E-state index contributed by atoms with van der Waals surface area (Å²) in [7, 11) is 3.64. The molecule has 4 rings (SSSR count). The van der Waals surface area contributed by atoms with E-state index >= 15 is 0 Å². The van der Waals surface area contributed by atoms with E-state index in [1.165, 1.54) is 0 Å². The summed E-state index contributed by atoms with van der Waals surface area (Å²) in [6, 6.07) is 19.4. The maximum absolute atomic E-state index is 11.7. The zero-order valence-electron chi connectivity index (χ0n) is 16.3. The maximum Gasteiger partial charge on any atom is 0.251 e. The van der Waals surface area contributed by atoms with E-state index in [0.29, 0.717) is 17.9 Å². The summed E-state index contributed by atoms with van der Waals surface area (Å²) in [5, 5.41) is 3.63. The number of fused-ring (bicyclic) bond motifs is 1. The van der Waals surface area contributed by atoms with Crippen LogP contribution < -0.4 is 10.2 Å². The Morgan fingerprint density at radius 1 is 1.00 bits per heavy atom. The van der Waals surface area contributed by atoms with Gasteiger partial charge in [0, 0.05) is 49.5 Å². The number of amides is 1. The molecule has 4 aromatic rings. The van der Waals surface area contributed by atoms with E-state index in [0.717, 1.165) is 27.8 Å². The molecule has 1 N–H and O–H groups in total. The summed E-state index contributed by atoms with van der Waals surface area (Å²) >= 11 is 0. The van der Waals surface area contributed by atoms with Gasteiger partial charge in [0.1, 0.15) is 5.82 Å². The molecule has 6 heteroatoms. The molecule has 0 saturated heterocycles. The predicted octanol–water partition coefficient (Wildman–Crippen LogP) is 3.69. The SMILES string of the molecule is CNC(=O)c1ccc(CN(C)c2nc(-c3cccnc3)nc3ccccc23)cc1. The van der Waals surface area contributed by atoms with E-state index in [4.69, 9.17) is 9.97 Å². The molecule has 0 fully saturated rings. The van der Waals surface area contributed by atoms with Gasteiger partial charge >= 0.3 is 0 Å². The Labute approximate surface area is 169 Å². The molecule has 6 nitrogen and oxygen atoms in total. The Hall–Kier alpha value is -3.80. The molecular formula is C23H21N5O. The quantitative estimate of drug-likeness (QED) is 0.569. The highest BCUT2D eigenvalue weighted by Crippen LogP contribution is 2.27. The van der Waals surface area contributed by atoms with Gasteiger partial charge in [-0.15, -0.1) is 0 Å². The van der Waals surface area contributed by atoms with Crippen molar-refractivity contribution in [1.82, 2.24) is 20.3 Å². The number of carbonyl (C=O) groups excluding carboxylic acids is 1. The second kappa shape index (κ2) is 8.06. The van der Waals surface area contributed by atoms with Crippen molar-refractivity contribution in [2.24, 2.45) is 0 Å². The van der Waals surface area contributed by atoms with Crippen LogP contribution in [0.1, 0.15) is 15.9 Å². The van der Waals surface area contributed by atoms with Crippen LogP contribution in [0.4, 0.5) is 5.82 Å². The van der Waals surface area contributed by atoms with Crippen molar-refractivity contribution in [2.45, 2.75) is 6.54 Å². The molecule has 0 aliphatic rings. The Kier molecular flexibility index (Phi) is 5.16. The average molecular weight is 383 g/mol. The van der Waals surface area contributed by atoms with Crippen molar-refractivity contribution in [3.63, 3.8) is 0 Å². The average Bonchev–Trinajstić information content (AvgIpc) is 2.78. The van der Waals surface area contributed by atoms with Gasteiger partial charge in [0.05, 0.1) is 5.52 Å². The summed E-state index contributed by atoms with van der Waals surface area (Å²) in [4.78, 5) is 27.6. The molecule has 0 atom stereocenters. The number of rotatable bonds is 5. The van der Waals surface area contributed by atoms with Crippen molar-refractivity contribution in [3.8, 4) is 11.4 Å². The van der Waals surface area contributed by atoms with Gasteiger partial charge in [0.25, 0.3) is 5.91 Å². The summed E-state index contributed by atoms with van der Waals surface area (Å²) in [6.07, 6.45) is 3.51. The molecular weight excluding hydrogens is 362 g/mol. The molecule has 0 bridgehead atoms. The van der Waals surface area contributed by atoms with Crippen molar-refractivity contribution < 1.29 is 4.79 Å². The highest BCUT2D eigenvalue weighted by molar-refractivity contribution is 5.94. The van der Waals surface area contributed by atoms with Crippen LogP contribution in [-0.2, 0) is 6.54 Å². The number of hydrogen-bond acceptors (Lipinski definition) is 5. The minimum absolute atomic E-state index is 0.0900. The van der Waals surface area contributed by atoms with Gasteiger partial charge in [0.2, 0.25) is 0 Å². The Bertz CT molecular complexity index is 1140. The molecule has 0 aliphatic carbocycles. The number of hydrogen-bond donors (Lipinski definition) is 1. The third-order valence-electron chi connectivity index (χ3n) is 4.73. The van der Waals surface area contributed by atoms with E-state index < -0.39 is 0 Å². The fraction of sp³-hybridized carbons (Fsp3) is 0.130. The van der Waals surface area contributed by atoms with Gasteiger partial charge in [-0.3, -0.25) is 9.78 Å². The third-order valence-corrected chi connectivity index (χ3v) is 4.73. The Morgan fingerprint density at radius 3 is 2.52 bits per heavy atom. The summed E-state index contributed by atoms with van der Waals surface area (Å²) in [6.45, 7) is 0.654. The molecule has 0 aliphatic heterocycles. The smallest absolute Gasteiger partial charge is 0.251 e. The minimum atomic E-state index is -0.0900. The first-order chi connectivity index (χ1) is 14.2. The van der Waals surface area contributed by atoms with Crippen LogP contribution in [0, 0.1) is 0 Å². The summed E-state index contributed by atoms with van der Waals surface area (Å²) < 4.78 is 0. The molecule has 0 unspecified atom stereocenters. The standard InChI is InChI=1S/C23H21N5O/c1-24-23(29)17-11-9-16(10-12-17)15-28(2)22-19-7-3-4-8-20(19)26-21(27-22)18-6-5-13-25-14-18/h3-14H,15H2,1-2H3,(H,24,29). The molecule has 144 valence electrons. The predicted molar refractivity (Wildman–Crippen MR) is 115 cm³/mol. The summed E-state index contributed by atoms with van der Waals surface area (Å²) in [5.41, 5.74) is 3.50. The Morgan fingerprint density at radius 2 is 1.79 bits per heavy atom. The van der Waals surface area contributed by atoms with Crippen LogP contribution in [0.5, 0.6) is 0 Å². The number of para-hydroxylation sites is 1. The van der Waals surface area contributed by atoms with Crippen molar-refractivity contribution in [2.75, 3.05) is 19.0 Å². The van der Waals surface area contributed by atoms with Crippen LogP contribution in [0.25, 0.3) is 22.3 Å².